The molecule has 12 heteroatoms. The van der Waals surface area contributed by atoms with Gasteiger partial charge in [0.15, 0.2) is 0 Å². The van der Waals surface area contributed by atoms with Crippen molar-refractivity contribution in [3.05, 3.63) is 102 Å². The van der Waals surface area contributed by atoms with E-state index in [0.717, 1.165) is 11.1 Å². The molecule has 0 saturated carbocycles. The van der Waals surface area contributed by atoms with E-state index in [1.807, 2.05) is 49.4 Å². The highest BCUT2D eigenvalue weighted by Gasteiger charge is 2.26. The van der Waals surface area contributed by atoms with Crippen molar-refractivity contribution in [2.45, 2.75) is 26.2 Å². The first kappa shape index (κ1) is 33.4. The normalized spacial score (nSPS) is 12.5. The van der Waals surface area contributed by atoms with E-state index >= 15 is 0 Å². The molecule has 3 aromatic carbocycles. The summed E-state index contributed by atoms with van der Waals surface area (Å²) in [5, 5.41) is 17.4. The molecule has 4 rings (SSSR count). The molecule has 0 fully saturated rings. The molecule has 1 aliphatic heterocycles. The van der Waals surface area contributed by atoms with Gasteiger partial charge in [-0.05, 0) is 48.7 Å². The second-order valence-electron chi connectivity index (χ2n) is 10.8. The van der Waals surface area contributed by atoms with Gasteiger partial charge in [-0.15, -0.1) is 0 Å². The minimum Gasteiger partial charge on any atom is -0.495 e. The zero-order chi connectivity index (χ0) is 32.9. The minimum atomic E-state index is -1.04. The Balaban J connectivity index is 1.35. The average molecular weight is 631 g/mol. The summed E-state index contributed by atoms with van der Waals surface area (Å²) in [5.74, 6) is -1.23. The van der Waals surface area contributed by atoms with Crippen LogP contribution in [-0.2, 0) is 36.7 Å². The van der Waals surface area contributed by atoms with E-state index in [1.165, 1.54) is 18.3 Å². The van der Waals surface area contributed by atoms with Crippen LogP contribution >= 0.6 is 0 Å². The second-order valence-corrected chi connectivity index (χ2v) is 10.8. The van der Waals surface area contributed by atoms with E-state index in [9.17, 15) is 24.3 Å². The molecular formula is C34H38N4O8. The van der Waals surface area contributed by atoms with Crippen molar-refractivity contribution >= 4 is 35.2 Å². The van der Waals surface area contributed by atoms with Crippen molar-refractivity contribution in [3.63, 3.8) is 0 Å². The highest BCUT2D eigenvalue weighted by Crippen LogP contribution is 2.27. The van der Waals surface area contributed by atoms with Crippen molar-refractivity contribution in [2.24, 2.45) is 5.92 Å². The van der Waals surface area contributed by atoms with Gasteiger partial charge in [0.05, 0.1) is 32.2 Å². The third-order valence-electron chi connectivity index (χ3n) is 7.23. The number of carbonyl (C=O) groups is 4. The number of urea groups is 1. The molecule has 1 atom stereocenters. The van der Waals surface area contributed by atoms with Crippen LogP contribution in [-0.4, -0.2) is 67.4 Å². The number of carboxylic acid groups (broad SMARTS) is 1. The van der Waals surface area contributed by atoms with Crippen LogP contribution in [0.5, 0.6) is 5.75 Å². The maximum atomic E-state index is 13.3. The molecule has 12 nitrogen and oxygen atoms in total. The van der Waals surface area contributed by atoms with E-state index in [0.29, 0.717) is 34.9 Å². The van der Waals surface area contributed by atoms with Crippen LogP contribution in [0, 0.1) is 12.8 Å². The third kappa shape index (κ3) is 10.3. The van der Waals surface area contributed by atoms with Gasteiger partial charge in [0.25, 0.3) is 0 Å². The van der Waals surface area contributed by atoms with Gasteiger partial charge in [0.2, 0.25) is 18.6 Å². The van der Waals surface area contributed by atoms with Gasteiger partial charge in [-0.3, -0.25) is 14.4 Å². The predicted octanol–water partition coefficient (Wildman–Crippen LogP) is 4.31. The SMILES string of the molecule is COc1cc(CC(=O)NCC(=O)N(CCC(=O)O)CC(Cc2ccccc2)C2=COCO2)ccc1NC(=O)Nc1ccc(C)cc1. The summed E-state index contributed by atoms with van der Waals surface area (Å²) in [6.45, 7) is 1.85. The number of hydrogen-bond donors (Lipinski definition) is 4. The number of ether oxygens (including phenoxy) is 3. The predicted molar refractivity (Wildman–Crippen MR) is 171 cm³/mol. The number of aryl methyl sites for hydroxylation is 1. The lowest BCUT2D eigenvalue weighted by Gasteiger charge is -2.27. The Morgan fingerprint density at radius 1 is 0.978 bits per heavy atom. The molecule has 4 N–H and O–H groups in total. The molecular weight excluding hydrogens is 592 g/mol. The number of methoxy groups -OCH3 is 1. The Morgan fingerprint density at radius 3 is 2.41 bits per heavy atom. The third-order valence-corrected chi connectivity index (χ3v) is 7.23. The topological polar surface area (TPSA) is 156 Å². The van der Waals surface area contributed by atoms with E-state index < -0.39 is 23.8 Å². The standard InChI is InChI=1S/C34H38N4O8/c1-23-8-11-27(12-9-23)36-34(43)37-28-13-10-25(17-29(28)44-2)18-31(39)35-19-32(40)38(15-14-33(41)42)20-26(30-21-45-22-46-30)16-24-6-4-3-5-7-24/h3-13,17,21,26H,14-16,18-20,22H2,1-2H3,(H,35,39)(H,41,42)(H2,36,37,43). The first-order chi connectivity index (χ1) is 22.2. The summed E-state index contributed by atoms with van der Waals surface area (Å²) in [4.78, 5) is 51.4. The summed E-state index contributed by atoms with van der Waals surface area (Å²) in [5.41, 5.74) is 3.74. The molecule has 0 bridgehead atoms. The summed E-state index contributed by atoms with van der Waals surface area (Å²) < 4.78 is 16.3. The lowest BCUT2D eigenvalue weighted by molar-refractivity contribution is -0.139. The van der Waals surface area contributed by atoms with Crippen LogP contribution in [0.15, 0.2) is 84.8 Å². The molecule has 46 heavy (non-hydrogen) atoms. The number of carboxylic acids is 1. The molecule has 1 unspecified atom stereocenters. The molecule has 0 aromatic heterocycles. The zero-order valence-electron chi connectivity index (χ0n) is 25.8. The molecule has 4 amide bonds. The highest BCUT2D eigenvalue weighted by molar-refractivity contribution is 6.00. The van der Waals surface area contributed by atoms with E-state index in [1.54, 1.807) is 30.3 Å². The number of amides is 4. The second kappa shape index (κ2) is 16.5. The molecule has 3 aromatic rings. The number of hydrogen-bond acceptors (Lipinski definition) is 7. The summed E-state index contributed by atoms with van der Waals surface area (Å²) >= 11 is 0. The highest BCUT2D eigenvalue weighted by atomic mass is 16.7. The Hall–Kier alpha value is -5.52. The van der Waals surface area contributed by atoms with Crippen LogP contribution in [0.4, 0.5) is 16.2 Å². The van der Waals surface area contributed by atoms with Crippen LogP contribution in [0.3, 0.4) is 0 Å². The first-order valence-corrected chi connectivity index (χ1v) is 14.8. The van der Waals surface area contributed by atoms with Crippen molar-refractivity contribution in [1.29, 1.82) is 0 Å². The molecule has 1 aliphatic rings. The van der Waals surface area contributed by atoms with E-state index in [4.69, 9.17) is 14.2 Å². The van der Waals surface area contributed by atoms with Crippen molar-refractivity contribution in [2.75, 3.05) is 44.2 Å². The van der Waals surface area contributed by atoms with Gasteiger partial charge < -0.3 is 40.2 Å². The number of nitrogens with one attached hydrogen (secondary N) is 3. The van der Waals surface area contributed by atoms with Crippen LogP contribution in [0.1, 0.15) is 23.1 Å². The first-order valence-electron chi connectivity index (χ1n) is 14.8. The van der Waals surface area contributed by atoms with Gasteiger partial charge >= 0.3 is 12.0 Å². The number of nitrogens with zero attached hydrogens (tertiary/aromatic N) is 1. The fourth-order valence-corrected chi connectivity index (χ4v) is 4.84. The Bertz CT molecular complexity index is 1540. The van der Waals surface area contributed by atoms with Crippen LogP contribution in [0.2, 0.25) is 0 Å². The number of carbonyl (C=O) groups excluding carboxylic acids is 3. The fraction of sp³-hybridized carbons (Fsp3) is 0.294. The van der Waals surface area contributed by atoms with Gasteiger partial charge in [-0.25, -0.2) is 4.79 Å². The number of rotatable bonds is 15. The maximum Gasteiger partial charge on any atom is 0.323 e. The van der Waals surface area contributed by atoms with Gasteiger partial charge in [0.1, 0.15) is 17.8 Å². The van der Waals surface area contributed by atoms with Crippen LogP contribution < -0.4 is 20.7 Å². The minimum absolute atomic E-state index is 0.0351. The fourth-order valence-electron chi connectivity index (χ4n) is 4.84. The largest absolute Gasteiger partial charge is 0.495 e. The molecule has 0 saturated heterocycles. The Kier molecular flexibility index (Phi) is 12.0. The van der Waals surface area contributed by atoms with Crippen molar-refractivity contribution < 1.29 is 38.5 Å². The van der Waals surface area contributed by atoms with Gasteiger partial charge in [0, 0.05) is 24.7 Å². The Morgan fingerprint density at radius 2 is 1.74 bits per heavy atom. The summed E-state index contributed by atoms with van der Waals surface area (Å²) in [6, 6.07) is 21.5. The summed E-state index contributed by atoms with van der Waals surface area (Å²) in [6.07, 6.45) is 1.75. The maximum absolute atomic E-state index is 13.3. The van der Waals surface area contributed by atoms with Gasteiger partial charge in [-0.2, -0.15) is 0 Å². The Labute approximate surface area is 267 Å². The summed E-state index contributed by atoms with van der Waals surface area (Å²) in [7, 11) is 1.45. The van der Waals surface area contributed by atoms with E-state index in [-0.39, 0.29) is 45.2 Å². The number of benzene rings is 3. The number of anilines is 2. The monoisotopic (exact) mass is 630 g/mol. The lowest BCUT2D eigenvalue weighted by atomic mass is 9.96. The zero-order valence-corrected chi connectivity index (χ0v) is 25.8. The molecule has 0 spiro atoms. The molecule has 0 aliphatic carbocycles. The van der Waals surface area contributed by atoms with Gasteiger partial charge in [-0.1, -0.05) is 54.1 Å². The smallest absolute Gasteiger partial charge is 0.323 e. The van der Waals surface area contributed by atoms with Crippen molar-refractivity contribution in [3.8, 4) is 5.75 Å². The van der Waals surface area contributed by atoms with Crippen LogP contribution in [0.25, 0.3) is 0 Å². The quantitative estimate of drug-likeness (QED) is 0.194. The average Bonchev–Trinajstić information content (AvgIpc) is 3.59. The van der Waals surface area contributed by atoms with Crippen molar-refractivity contribution in [1.82, 2.24) is 10.2 Å². The molecule has 242 valence electrons. The molecule has 0 radical (unpaired) electrons. The number of aliphatic carboxylic acids is 1. The lowest BCUT2D eigenvalue weighted by Crippen LogP contribution is -2.44. The molecule has 1 heterocycles. The van der Waals surface area contributed by atoms with E-state index in [2.05, 4.69) is 16.0 Å².